The summed E-state index contributed by atoms with van der Waals surface area (Å²) in [5, 5.41) is 8.73. The number of rotatable bonds is 1. The third-order valence-electron chi connectivity index (χ3n) is 2.70. The van der Waals surface area contributed by atoms with Crippen LogP contribution >= 0.6 is 0 Å². The van der Waals surface area contributed by atoms with Crippen LogP contribution in [0.4, 0.5) is 0 Å². The summed E-state index contributed by atoms with van der Waals surface area (Å²) in [7, 11) is 0. The summed E-state index contributed by atoms with van der Waals surface area (Å²) in [4.78, 5) is 3.28. The molecule has 0 saturated heterocycles. The molecule has 2 nitrogen and oxygen atoms in total. The van der Waals surface area contributed by atoms with Crippen LogP contribution in [0.15, 0.2) is 6.07 Å². The van der Waals surface area contributed by atoms with Crippen molar-refractivity contribution in [3.8, 4) is 6.07 Å². The zero-order valence-corrected chi connectivity index (χ0v) is 7.22. The van der Waals surface area contributed by atoms with E-state index >= 15 is 0 Å². The first kappa shape index (κ1) is 7.42. The summed E-state index contributed by atoms with van der Waals surface area (Å²) >= 11 is 0. The number of aromatic nitrogens is 1. The lowest BCUT2D eigenvalue weighted by atomic mass is 9.83. The van der Waals surface area contributed by atoms with E-state index in [4.69, 9.17) is 5.26 Å². The van der Waals surface area contributed by atoms with Crippen LogP contribution in [0.5, 0.6) is 0 Å². The third kappa shape index (κ3) is 1.02. The molecule has 1 heterocycles. The highest BCUT2D eigenvalue weighted by atomic mass is 14.7. The van der Waals surface area contributed by atoms with Crippen molar-refractivity contribution in [2.45, 2.75) is 32.1 Å². The first-order chi connectivity index (χ1) is 5.81. The molecule has 12 heavy (non-hydrogen) atoms. The Labute approximate surface area is 72.2 Å². The average Bonchev–Trinajstić information content (AvgIpc) is 2.27. The molecule has 1 N–H and O–H groups in total. The highest BCUT2D eigenvalue weighted by Gasteiger charge is 2.21. The van der Waals surface area contributed by atoms with Gasteiger partial charge in [-0.1, -0.05) is 6.42 Å². The Morgan fingerprint density at radius 2 is 2.33 bits per heavy atom. The zero-order chi connectivity index (χ0) is 8.55. The van der Waals surface area contributed by atoms with Crippen molar-refractivity contribution >= 4 is 0 Å². The first-order valence-electron chi connectivity index (χ1n) is 4.41. The molecule has 0 atom stereocenters. The first-order valence-corrected chi connectivity index (χ1v) is 4.41. The zero-order valence-electron chi connectivity index (χ0n) is 7.22. The van der Waals surface area contributed by atoms with E-state index < -0.39 is 0 Å². The second-order valence-corrected chi connectivity index (χ2v) is 3.50. The number of aryl methyl sites for hydroxylation is 1. The van der Waals surface area contributed by atoms with Crippen LogP contribution in [0.2, 0.25) is 0 Å². The molecule has 2 heteroatoms. The van der Waals surface area contributed by atoms with Gasteiger partial charge in [0.2, 0.25) is 0 Å². The Bertz CT molecular complexity index is 326. The molecule has 62 valence electrons. The Hall–Kier alpha value is -1.23. The van der Waals surface area contributed by atoms with Crippen molar-refractivity contribution in [2.75, 3.05) is 0 Å². The molecule has 0 spiro atoms. The summed E-state index contributed by atoms with van der Waals surface area (Å²) in [6.45, 7) is 1.96. The molecule has 2 rings (SSSR count). The standard InChI is InChI=1S/C10H12N2/c1-7-9(6-11)5-10(12-7)8-3-2-4-8/h5,8,12H,2-4H2,1H3. The molecule has 1 aliphatic carbocycles. The lowest BCUT2D eigenvalue weighted by Gasteiger charge is -2.23. The molecule has 0 amide bonds. The van der Waals surface area contributed by atoms with Gasteiger partial charge in [-0.25, -0.2) is 0 Å². The van der Waals surface area contributed by atoms with Crippen molar-refractivity contribution in [2.24, 2.45) is 0 Å². The fraction of sp³-hybridized carbons (Fsp3) is 0.500. The van der Waals surface area contributed by atoms with E-state index in [-0.39, 0.29) is 0 Å². The van der Waals surface area contributed by atoms with E-state index in [0.29, 0.717) is 5.92 Å². The Morgan fingerprint density at radius 3 is 2.75 bits per heavy atom. The molecule has 0 aliphatic heterocycles. The van der Waals surface area contributed by atoms with Crippen LogP contribution in [-0.2, 0) is 0 Å². The summed E-state index contributed by atoms with van der Waals surface area (Å²) in [5.74, 6) is 0.700. The van der Waals surface area contributed by atoms with Crippen LogP contribution in [0, 0.1) is 18.3 Å². The van der Waals surface area contributed by atoms with Gasteiger partial charge in [-0.15, -0.1) is 0 Å². The minimum absolute atomic E-state index is 0.700. The van der Waals surface area contributed by atoms with Crippen LogP contribution < -0.4 is 0 Å². The number of hydrogen-bond donors (Lipinski definition) is 1. The second-order valence-electron chi connectivity index (χ2n) is 3.50. The number of hydrogen-bond acceptors (Lipinski definition) is 1. The van der Waals surface area contributed by atoms with Gasteiger partial charge in [0.25, 0.3) is 0 Å². The summed E-state index contributed by atoms with van der Waals surface area (Å²) in [6.07, 6.45) is 3.90. The van der Waals surface area contributed by atoms with Gasteiger partial charge in [0.1, 0.15) is 6.07 Å². The lowest BCUT2D eigenvalue weighted by molar-refractivity contribution is 0.412. The SMILES string of the molecule is Cc1[nH]c(C2CCC2)cc1C#N. The smallest absolute Gasteiger partial charge is 0.101 e. The molecule has 1 fully saturated rings. The lowest BCUT2D eigenvalue weighted by Crippen LogP contribution is -2.08. The minimum atomic E-state index is 0.700. The van der Waals surface area contributed by atoms with Crippen molar-refractivity contribution in [1.29, 1.82) is 5.26 Å². The van der Waals surface area contributed by atoms with E-state index in [1.54, 1.807) is 0 Å². The normalized spacial score (nSPS) is 17.0. The predicted molar refractivity (Wildman–Crippen MR) is 46.8 cm³/mol. The second kappa shape index (κ2) is 2.67. The maximum Gasteiger partial charge on any atom is 0.101 e. The van der Waals surface area contributed by atoms with Gasteiger partial charge in [-0.3, -0.25) is 0 Å². The van der Waals surface area contributed by atoms with E-state index in [2.05, 4.69) is 11.1 Å². The molecular weight excluding hydrogens is 148 g/mol. The molecule has 0 aromatic carbocycles. The van der Waals surface area contributed by atoms with Gasteiger partial charge in [0.15, 0.2) is 0 Å². The Kier molecular flexibility index (Phi) is 1.65. The fourth-order valence-electron chi connectivity index (χ4n) is 1.64. The maximum absolute atomic E-state index is 8.73. The monoisotopic (exact) mass is 160 g/mol. The molecule has 1 aliphatic rings. The van der Waals surface area contributed by atoms with E-state index in [1.165, 1.54) is 25.0 Å². The molecule has 1 aromatic heterocycles. The number of H-pyrrole nitrogens is 1. The van der Waals surface area contributed by atoms with Crippen LogP contribution in [0.1, 0.15) is 42.1 Å². The van der Waals surface area contributed by atoms with Crippen molar-refractivity contribution in [3.05, 3.63) is 23.0 Å². The highest BCUT2D eigenvalue weighted by molar-refractivity contribution is 5.37. The fourth-order valence-corrected chi connectivity index (χ4v) is 1.64. The topological polar surface area (TPSA) is 39.6 Å². The molecule has 0 unspecified atom stereocenters. The van der Waals surface area contributed by atoms with Crippen molar-refractivity contribution < 1.29 is 0 Å². The summed E-state index contributed by atoms with van der Waals surface area (Å²) in [5.41, 5.74) is 3.08. The van der Waals surface area contributed by atoms with Gasteiger partial charge in [-0.05, 0) is 31.7 Å². The summed E-state index contributed by atoms with van der Waals surface area (Å²) in [6, 6.07) is 4.19. The van der Waals surface area contributed by atoms with Crippen LogP contribution in [0.25, 0.3) is 0 Å². The average molecular weight is 160 g/mol. The van der Waals surface area contributed by atoms with Gasteiger partial charge in [0.05, 0.1) is 5.56 Å². The van der Waals surface area contributed by atoms with E-state index in [9.17, 15) is 0 Å². The number of nitriles is 1. The van der Waals surface area contributed by atoms with Gasteiger partial charge >= 0.3 is 0 Å². The van der Waals surface area contributed by atoms with Crippen molar-refractivity contribution in [1.82, 2.24) is 4.98 Å². The third-order valence-corrected chi connectivity index (χ3v) is 2.70. The Morgan fingerprint density at radius 1 is 1.58 bits per heavy atom. The predicted octanol–water partition coefficient (Wildman–Crippen LogP) is 2.46. The number of nitrogens with one attached hydrogen (secondary N) is 1. The van der Waals surface area contributed by atoms with Crippen LogP contribution in [0.3, 0.4) is 0 Å². The minimum Gasteiger partial charge on any atom is -0.361 e. The van der Waals surface area contributed by atoms with Gasteiger partial charge in [0, 0.05) is 11.4 Å². The molecule has 1 saturated carbocycles. The quantitative estimate of drug-likeness (QED) is 0.673. The molecule has 0 radical (unpaired) electrons. The summed E-state index contributed by atoms with van der Waals surface area (Å²) < 4.78 is 0. The van der Waals surface area contributed by atoms with E-state index in [0.717, 1.165) is 11.3 Å². The maximum atomic E-state index is 8.73. The largest absolute Gasteiger partial charge is 0.361 e. The van der Waals surface area contributed by atoms with Gasteiger partial charge in [-0.2, -0.15) is 5.26 Å². The molecule has 1 aromatic rings. The van der Waals surface area contributed by atoms with Crippen LogP contribution in [-0.4, -0.2) is 4.98 Å². The number of aromatic amines is 1. The van der Waals surface area contributed by atoms with Gasteiger partial charge < -0.3 is 4.98 Å². The van der Waals surface area contributed by atoms with Crippen molar-refractivity contribution in [3.63, 3.8) is 0 Å². The Balaban J connectivity index is 2.28. The highest BCUT2D eigenvalue weighted by Crippen LogP contribution is 2.36. The van der Waals surface area contributed by atoms with E-state index in [1.807, 2.05) is 13.0 Å². The number of nitrogens with zero attached hydrogens (tertiary/aromatic N) is 1. The molecule has 0 bridgehead atoms. The molecular formula is C10H12N2.